The van der Waals surface area contributed by atoms with Gasteiger partial charge in [-0.05, 0) is 51.0 Å². The van der Waals surface area contributed by atoms with Crippen LogP contribution in [0.5, 0.6) is 0 Å². The van der Waals surface area contributed by atoms with Crippen molar-refractivity contribution in [2.24, 2.45) is 0 Å². The molecule has 1 heterocycles. The van der Waals surface area contributed by atoms with Crippen LogP contribution in [0.1, 0.15) is 26.7 Å². The normalized spacial score (nSPS) is 17.6. The molecule has 1 N–H and O–H groups in total. The Bertz CT molecular complexity index is 576. The summed E-state index contributed by atoms with van der Waals surface area (Å²) in [6, 6.07) is 7.46. The Labute approximate surface area is 139 Å². The molecule has 130 valence electrons. The summed E-state index contributed by atoms with van der Waals surface area (Å²) in [5, 5.41) is 3.50. The van der Waals surface area contributed by atoms with Gasteiger partial charge in [0, 0.05) is 37.6 Å². The van der Waals surface area contributed by atoms with Crippen molar-refractivity contribution in [3.8, 4) is 0 Å². The Morgan fingerprint density at radius 2 is 1.83 bits per heavy atom. The second kappa shape index (κ2) is 8.13. The third-order valence-corrected chi connectivity index (χ3v) is 5.23. The number of hydrogen-bond donors (Lipinski definition) is 1. The van der Waals surface area contributed by atoms with E-state index in [0.29, 0.717) is 17.0 Å². The molecule has 1 fully saturated rings. The number of ether oxygens (including phenoxy) is 1. The molecule has 1 aromatic carbocycles. The van der Waals surface area contributed by atoms with Crippen LogP contribution < -0.4 is 5.32 Å². The average Bonchev–Trinajstić information content (AvgIpc) is 2.48. The summed E-state index contributed by atoms with van der Waals surface area (Å²) < 4.78 is 28.5. The lowest BCUT2D eigenvalue weighted by molar-refractivity contribution is 0.0543. The maximum Gasteiger partial charge on any atom is 0.175 e. The fraction of sp³-hybridized carbons (Fsp3) is 0.647. The SMILES string of the molecule is CC(C)OCCN1CCC(Nc2ccc(S(C)(=O)=O)cc2)CC1. The van der Waals surface area contributed by atoms with Gasteiger partial charge in [0.25, 0.3) is 0 Å². The van der Waals surface area contributed by atoms with E-state index >= 15 is 0 Å². The first kappa shape index (κ1) is 18.2. The minimum atomic E-state index is -3.12. The van der Waals surface area contributed by atoms with Crippen LogP contribution in [0.15, 0.2) is 29.2 Å². The minimum Gasteiger partial charge on any atom is -0.382 e. The molecular formula is C17H28N2O3S. The van der Waals surface area contributed by atoms with E-state index in [2.05, 4.69) is 24.1 Å². The first-order chi connectivity index (χ1) is 10.8. The maximum atomic E-state index is 11.5. The van der Waals surface area contributed by atoms with E-state index in [9.17, 15) is 8.42 Å². The number of anilines is 1. The van der Waals surface area contributed by atoms with Crippen LogP contribution in [-0.2, 0) is 14.6 Å². The van der Waals surface area contributed by atoms with Crippen molar-refractivity contribution >= 4 is 15.5 Å². The van der Waals surface area contributed by atoms with Crippen LogP contribution in [0.3, 0.4) is 0 Å². The number of hydrogen-bond acceptors (Lipinski definition) is 5. The second-order valence-corrected chi connectivity index (χ2v) is 8.49. The molecule has 0 unspecified atom stereocenters. The zero-order chi connectivity index (χ0) is 16.9. The number of likely N-dealkylation sites (tertiary alicyclic amines) is 1. The molecule has 0 amide bonds. The lowest BCUT2D eigenvalue weighted by Crippen LogP contribution is -2.40. The van der Waals surface area contributed by atoms with E-state index in [0.717, 1.165) is 44.8 Å². The highest BCUT2D eigenvalue weighted by atomic mass is 32.2. The predicted molar refractivity (Wildman–Crippen MR) is 93.7 cm³/mol. The topological polar surface area (TPSA) is 58.6 Å². The number of nitrogens with zero attached hydrogens (tertiary/aromatic N) is 1. The summed E-state index contributed by atoms with van der Waals surface area (Å²) in [4.78, 5) is 2.80. The molecule has 1 aliphatic rings. The summed E-state index contributed by atoms with van der Waals surface area (Å²) in [5.41, 5.74) is 0.985. The van der Waals surface area contributed by atoms with E-state index in [1.807, 2.05) is 12.1 Å². The monoisotopic (exact) mass is 340 g/mol. The van der Waals surface area contributed by atoms with Crippen molar-refractivity contribution in [3.63, 3.8) is 0 Å². The van der Waals surface area contributed by atoms with E-state index in [1.165, 1.54) is 6.26 Å². The zero-order valence-electron chi connectivity index (χ0n) is 14.3. The number of rotatable bonds is 7. The molecule has 6 heteroatoms. The van der Waals surface area contributed by atoms with Gasteiger partial charge in [0.1, 0.15) is 0 Å². The van der Waals surface area contributed by atoms with Gasteiger partial charge in [-0.15, -0.1) is 0 Å². The molecular weight excluding hydrogens is 312 g/mol. The van der Waals surface area contributed by atoms with E-state index in [1.54, 1.807) is 12.1 Å². The molecule has 0 aliphatic carbocycles. The van der Waals surface area contributed by atoms with Gasteiger partial charge in [0.05, 0.1) is 17.6 Å². The molecule has 23 heavy (non-hydrogen) atoms. The highest BCUT2D eigenvalue weighted by molar-refractivity contribution is 7.90. The van der Waals surface area contributed by atoms with E-state index < -0.39 is 9.84 Å². The van der Waals surface area contributed by atoms with Gasteiger partial charge < -0.3 is 15.0 Å². The molecule has 0 radical (unpaired) electrons. The molecule has 2 rings (SSSR count). The molecule has 1 aromatic rings. The summed E-state index contributed by atoms with van der Waals surface area (Å²) in [6.45, 7) is 8.05. The summed E-state index contributed by atoms with van der Waals surface area (Å²) in [6.07, 6.45) is 3.71. The zero-order valence-corrected chi connectivity index (χ0v) is 15.1. The number of sulfone groups is 1. The highest BCUT2D eigenvalue weighted by Crippen LogP contribution is 2.18. The van der Waals surface area contributed by atoms with Crippen molar-refractivity contribution in [1.29, 1.82) is 0 Å². The van der Waals surface area contributed by atoms with Crippen LogP contribution in [0.25, 0.3) is 0 Å². The Morgan fingerprint density at radius 1 is 1.22 bits per heavy atom. The molecule has 5 nitrogen and oxygen atoms in total. The van der Waals surface area contributed by atoms with Gasteiger partial charge in [-0.2, -0.15) is 0 Å². The molecule has 0 spiro atoms. The van der Waals surface area contributed by atoms with Crippen molar-refractivity contribution in [3.05, 3.63) is 24.3 Å². The number of nitrogens with one attached hydrogen (secondary N) is 1. The number of benzene rings is 1. The van der Waals surface area contributed by atoms with E-state index in [-0.39, 0.29) is 0 Å². The smallest absolute Gasteiger partial charge is 0.175 e. The lowest BCUT2D eigenvalue weighted by atomic mass is 10.0. The molecule has 1 saturated heterocycles. The Balaban J connectivity index is 1.76. The predicted octanol–water partition coefficient (Wildman–Crippen LogP) is 2.39. The second-order valence-electron chi connectivity index (χ2n) is 6.48. The number of piperidine rings is 1. The van der Waals surface area contributed by atoms with Crippen molar-refractivity contribution < 1.29 is 13.2 Å². The van der Waals surface area contributed by atoms with Crippen LogP contribution in [0.2, 0.25) is 0 Å². The first-order valence-corrected chi connectivity index (χ1v) is 10.1. The van der Waals surface area contributed by atoms with Crippen molar-refractivity contribution in [2.75, 3.05) is 37.8 Å². The third-order valence-electron chi connectivity index (χ3n) is 4.10. The fourth-order valence-electron chi connectivity index (χ4n) is 2.75. The van der Waals surface area contributed by atoms with E-state index in [4.69, 9.17) is 4.74 Å². The standard InChI is InChI=1S/C17H28N2O3S/c1-14(2)22-13-12-19-10-8-16(9-11-19)18-15-4-6-17(7-5-15)23(3,20)21/h4-7,14,16,18H,8-13H2,1-3H3. The fourth-order valence-corrected chi connectivity index (χ4v) is 3.38. The minimum absolute atomic E-state index is 0.295. The van der Waals surface area contributed by atoms with Gasteiger partial charge in [-0.3, -0.25) is 0 Å². The summed E-state index contributed by atoms with van der Waals surface area (Å²) in [7, 11) is -3.12. The molecule has 1 aliphatic heterocycles. The first-order valence-electron chi connectivity index (χ1n) is 8.25. The Hall–Kier alpha value is -1.11. The summed E-state index contributed by atoms with van der Waals surface area (Å²) >= 11 is 0. The summed E-state index contributed by atoms with van der Waals surface area (Å²) in [5.74, 6) is 0. The Morgan fingerprint density at radius 3 is 2.35 bits per heavy atom. The largest absolute Gasteiger partial charge is 0.382 e. The highest BCUT2D eigenvalue weighted by Gasteiger charge is 2.19. The molecule has 0 saturated carbocycles. The van der Waals surface area contributed by atoms with Gasteiger partial charge in [-0.25, -0.2) is 8.42 Å². The average molecular weight is 340 g/mol. The van der Waals surface area contributed by atoms with Gasteiger partial charge in [0.2, 0.25) is 0 Å². The van der Waals surface area contributed by atoms with Crippen LogP contribution in [0.4, 0.5) is 5.69 Å². The quantitative estimate of drug-likeness (QED) is 0.826. The van der Waals surface area contributed by atoms with Crippen LogP contribution in [0, 0.1) is 0 Å². The Kier molecular flexibility index (Phi) is 6.44. The van der Waals surface area contributed by atoms with Gasteiger partial charge in [0.15, 0.2) is 9.84 Å². The van der Waals surface area contributed by atoms with Crippen LogP contribution >= 0.6 is 0 Å². The van der Waals surface area contributed by atoms with Crippen molar-refractivity contribution in [1.82, 2.24) is 4.90 Å². The third kappa shape index (κ3) is 6.12. The van der Waals surface area contributed by atoms with Gasteiger partial charge >= 0.3 is 0 Å². The van der Waals surface area contributed by atoms with Gasteiger partial charge in [-0.1, -0.05) is 0 Å². The lowest BCUT2D eigenvalue weighted by Gasteiger charge is -2.32. The molecule has 0 bridgehead atoms. The van der Waals surface area contributed by atoms with Crippen molar-refractivity contribution in [2.45, 2.75) is 43.7 Å². The maximum absolute atomic E-state index is 11.5. The molecule has 0 atom stereocenters. The molecule has 0 aromatic heterocycles. The van der Waals surface area contributed by atoms with Crippen LogP contribution in [-0.4, -0.2) is 58.0 Å².